The largest absolute Gasteiger partial charge is 0.480 e. The van der Waals surface area contributed by atoms with Crippen molar-refractivity contribution in [2.24, 2.45) is 5.92 Å². The third-order valence-corrected chi connectivity index (χ3v) is 3.51. The molecule has 0 saturated carbocycles. The number of ether oxygens (including phenoxy) is 1. The average Bonchev–Trinajstić information content (AvgIpc) is 2.75. The molecule has 110 valence electrons. The van der Waals surface area contributed by atoms with Gasteiger partial charge in [0.15, 0.2) is 0 Å². The van der Waals surface area contributed by atoms with Crippen LogP contribution in [-0.4, -0.2) is 36.2 Å². The van der Waals surface area contributed by atoms with E-state index in [0.29, 0.717) is 30.3 Å². The van der Waals surface area contributed by atoms with Gasteiger partial charge in [-0.3, -0.25) is 4.79 Å². The fourth-order valence-corrected chi connectivity index (χ4v) is 2.48. The van der Waals surface area contributed by atoms with Crippen LogP contribution in [0.25, 0.3) is 0 Å². The lowest BCUT2D eigenvalue weighted by atomic mass is 9.93. The molecule has 1 aromatic heterocycles. The van der Waals surface area contributed by atoms with Crippen LogP contribution in [0.15, 0.2) is 10.5 Å². The highest BCUT2D eigenvalue weighted by atomic mass is 16.5. The summed E-state index contributed by atoms with van der Waals surface area (Å²) in [6.45, 7) is 4.44. The van der Waals surface area contributed by atoms with Gasteiger partial charge in [0.2, 0.25) is 0 Å². The highest BCUT2D eigenvalue weighted by molar-refractivity contribution is 5.97. The molecule has 6 nitrogen and oxygen atoms in total. The van der Waals surface area contributed by atoms with E-state index in [1.165, 1.54) is 0 Å². The van der Waals surface area contributed by atoms with Crippen molar-refractivity contribution in [2.75, 3.05) is 13.2 Å². The fraction of sp³-hybridized carbons (Fsp3) is 0.571. The summed E-state index contributed by atoms with van der Waals surface area (Å²) in [6.07, 6.45) is 1.55. The van der Waals surface area contributed by atoms with Gasteiger partial charge >= 0.3 is 5.97 Å². The van der Waals surface area contributed by atoms with Gasteiger partial charge in [-0.05, 0) is 32.8 Å². The molecule has 20 heavy (non-hydrogen) atoms. The van der Waals surface area contributed by atoms with Crippen LogP contribution < -0.4 is 5.32 Å². The first-order valence-electron chi connectivity index (χ1n) is 6.67. The molecule has 1 amide bonds. The summed E-state index contributed by atoms with van der Waals surface area (Å²) in [5.74, 6) is -0.535. The maximum atomic E-state index is 12.2. The second-order valence-corrected chi connectivity index (χ2v) is 5.09. The Morgan fingerprint density at radius 2 is 2.20 bits per heavy atom. The molecule has 1 fully saturated rings. The first-order valence-corrected chi connectivity index (χ1v) is 6.67. The van der Waals surface area contributed by atoms with Crippen molar-refractivity contribution in [3.63, 3.8) is 0 Å². The second-order valence-electron chi connectivity index (χ2n) is 5.09. The molecule has 2 unspecified atom stereocenters. The molecular formula is C14H19NO5. The van der Waals surface area contributed by atoms with E-state index in [0.717, 1.165) is 12.8 Å². The highest BCUT2D eigenvalue weighted by Crippen LogP contribution is 2.19. The van der Waals surface area contributed by atoms with Gasteiger partial charge in [0, 0.05) is 12.5 Å². The zero-order valence-corrected chi connectivity index (χ0v) is 11.6. The van der Waals surface area contributed by atoms with Gasteiger partial charge in [-0.1, -0.05) is 0 Å². The van der Waals surface area contributed by atoms with E-state index in [9.17, 15) is 14.7 Å². The van der Waals surface area contributed by atoms with Gasteiger partial charge in [0.25, 0.3) is 5.91 Å². The van der Waals surface area contributed by atoms with Gasteiger partial charge in [0.05, 0.1) is 12.2 Å². The van der Waals surface area contributed by atoms with Crippen LogP contribution in [0.1, 0.15) is 34.7 Å². The fourth-order valence-electron chi connectivity index (χ4n) is 2.48. The summed E-state index contributed by atoms with van der Waals surface area (Å²) in [7, 11) is 0. The maximum Gasteiger partial charge on any atom is 0.326 e. The molecule has 0 spiro atoms. The van der Waals surface area contributed by atoms with Crippen LogP contribution in [0.4, 0.5) is 0 Å². The second kappa shape index (κ2) is 6.09. The van der Waals surface area contributed by atoms with Crippen molar-refractivity contribution in [3.8, 4) is 0 Å². The first-order chi connectivity index (χ1) is 9.49. The predicted octanol–water partition coefficient (Wildman–Crippen LogP) is 1.51. The molecule has 1 saturated heterocycles. The summed E-state index contributed by atoms with van der Waals surface area (Å²) < 4.78 is 10.6. The number of nitrogens with one attached hydrogen (secondary N) is 1. The maximum absolute atomic E-state index is 12.2. The topological polar surface area (TPSA) is 88.8 Å². The SMILES string of the molecule is Cc1cc(C(=O)NC(C(=O)O)C2CCCOC2)c(C)o1. The Bertz CT molecular complexity index is 502. The van der Waals surface area contributed by atoms with E-state index in [4.69, 9.17) is 9.15 Å². The number of amides is 1. The van der Waals surface area contributed by atoms with E-state index in [-0.39, 0.29) is 5.92 Å². The summed E-state index contributed by atoms with van der Waals surface area (Å²) in [4.78, 5) is 23.5. The lowest BCUT2D eigenvalue weighted by Gasteiger charge is -2.28. The summed E-state index contributed by atoms with van der Waals surface area (Å²) >= 11 is 0. The lowest BCUT2D eigenvalue weighted by molar-refractivity contribution is -0.142. The summed E-state index contributed by atoms with van der Waals surface area (Å²) in [5.41, 5.74) is 0.380. The van der Waals surface area contributed by atoms with Crippen molar-refractivity contribution in [2.45, 2.75) is 32.7 Å². The zero-order chi connectivity index (χ0) is 14.7. The molecule has 0 aromatic carbocycles. The van der Waals surface area contributed by atoms with Gasteiger partial charge in [-0.15, -0.1) is 0 Å². The third-order valence-electron chi connectivity index (χ3n) is 3.51. The van der Waals surface area contributed by atoms with E-state index in [1.54, 1.807) is 19.9 Å². The van der Waals surface area contributed by atoms with Crippen LogP contribution in [0.5, 0.6) is 0 Å². The number of carbonyl (C=O) groups excluding carboxylic acids is 1. The average molecular weight is 281 g/mol. The van der Waals surface area contributed by atoms with Crippen molar-refractivity contribution >= 4 is 11.9 Å². The van der Waals surface area contributed by atoms with Crippen LogP contribution in [0.3, 0.4) is 0 Å². The van der Waals surface area contributed by atoms with Crippen LogP contribution >= 0.6 is 0 Å². The minimum Gasteiger partial charge on any atom is -0.480 e. The highest BCUT2D eigenvalue weighted by Gasteiger charge is 2.32. The number of carbonyl (C=O) groups is 2. The minimum absolute atomic E-state index is 0.196. The number of aliphatic carboxylic acids is 1. The Morgan fingerprint density at radius 3 is 2.70 bits per heavy atom. The molecule has 0 radical (unpaired) electrons. The van der Waals surface area contributed by atoms with Crippen LogP contribution in [-0.2, 0) is 9.53 Å². The zero-order valence-electron chi connectivity index (χ0n) is 11.6. The Labute approximate surface area is 117 Å². The molecule has 0 aliphatic carbocycles. The van der Waals surface area contributed by atoms with Gasteiger partial charge in [-0.2, -0.15) is 0 Å². The molecule has 2 rings (SSSR count). The molecule has 0 bridgehead atoms. The first kappa shape index (κ1) is 14.6. The van der Waals surface area contributed by atoms with Crippen molar-refractivity contribution in [1.29, 1.82) is 0 Å². The molecule has 1 aliphatic heterocycles. The van der Waals surface area contributed by atoms with Gasteiger partial charge in [-0.25, -0.2) is 4.79 Å². The van der Waals surface area contributed by atoms with E-state index in [1.807, 2.05) is 0 Å². The monoisotopic (exact) mass is 281 g/mol. The Hall–Kier alpha value is -1.82. The van der Waals surface area contributed by atoms with E-state index in [2.05, 4.69) is 5.32 Å². The number of aryl methyl sites for hydroxylation is 2. The molecule has 6 heteroatoms. The minimum atomic E-state index is -1.04. The number of furan rings is 1. The standard InChI is InChI=1S/C14H19NO5/c1-8-6-11(9(2)20-8)13(16)15-12(14(17)18)10-4-3-5-19-7-10/h6,10,12H,3-5,7H2,1-2H3,(H,15,16)(H,17,18). The van der Waals surface area contributed by atoms with Crippen molar-refractivity contribution in [3.05, 3.63) is 23.2 Å². The molecule has 1 aromatic rings. The number of hydrogen-bond acceptors (Lipinski definition) is 4. The van der Waals surface area contributed by atoms with E-state index >= 15 is 0 Å². The Kier molecular flexibility index (Phi) is 4.44. The number of carboxylic acids is 1. The Balaban J connectivity index is 2.09. The van der Waals surface area contributed by atoms with Crippen molar-refractivity contribution < 1.29 is 23.8 Å². The smallest absolute Gasteiger partial charge is 0.326 e. The molecule has 2 atom stereocenters. The third kappa shape index (κ3) is 3.19. The molecule has 2 heterocycles. The number of carboxylic acid groups (broad SMARTS) is 1. The lowest BCUT2D eigenvalue weighted by Crippen LogP contribution is -2.48. The quantitative estimate of drug-likeness (QED) is 0.873. The molecule has 2 N–H and O–H groups in total. The number of rotatable bonds is 4. The van der Waals surface area contributed by atoms with E-state index < -0.39 is 17.9 Å². The molecular weight excluding hydrogens is 262 g/mol. The Morgan fingerprint density at radius 1 is 1.45 bits per heavy atom. The molecule has 1 aliphatic rings. The van der Waals surface area contributed by atoms with Crippen molar-refractivity contribution in [1.82, 2.24) is 5.32 Å². The summed E-state index contributed by atoms with van der Waals surface area (Å²) in [6, 6.07) is 0.679. The van der Waals surface area contributed by atoms with Gasteiger partial charge in [0.1, 0.15) is 17.6 Å². The summed E-state index contributed by atoms with van der Waals surface area (Å²) in [5, 5.41) is 11.9. The van der Waals surface area contributed by atoms with Crippen LogP contribution in [0.2, 0.25) is 0 Å². The predicted molar refractivity (Wildman–Crippen MR) is 70.6 cm³/mol. The normalized spacial score (nSPS) is 20.4. The van der Waals surface area contributed by atoms with Gasteiger partial charge < -0.3 is 19.6 Å². The number of hydrogen-bond donors (Lipinski definition) is 2. The van der Waals surface area contributed by atoms with Crippen LogP contribution in [0, 0.1) is 19.8 Å².